The number of piperidine rings is 1. The van der Waals surface area contributed by atoms with Gasteiger partial charge in [0.15, 0.2) is 0 Å². The summed E-state index contributed by atoms with van der Waals surface area (Å²) in [6.07, 6.45) is 0.0978. The van der Waals surface area contributed by atoms with Gasteiger partial charge in [0, 0.05) is 25.9 Å². The van der Waals surface area contributed by atoms with E-state index in [0.717, 1.165) is 5.56 Å². The van der Waals surface area contributed by atoms with Gasteiger partial charge in [-0.05, 0) is 5.56 Å². The molecule has 1 N–H and O–H groups in total. The molecule has 0 aliphatic carbocycles. The van der Waals surface area contributed by atoms with E-state index in [0.29, 0.717) is 32.5 Å². The highest BCUT2D eigenvalue weighted by molar-refractivity contribution is 5.79. The average molecular weight is 235 g/mol. The van der Waals surface area contributed by atoms with E-state index in [1.54, 1.807) is 4.90 Å². The zero-order valence-corrected chi connectivity index (χ0v) is 9.71. The third kappa shape index (κ3) is 3.63. The molecule has 2 rings (SSSR count). The van der Waals surface area contributed by atoms with Crippen LogP contribution in [0.25, 0.3) is 0 Å². The Morgan fingerprint density at radius 3 is 2.53 bits per heavy atom. The lowest BCUT2D eigenvalue weighted by molar-refractivity contribution is -0.203. The maximum absolute atomic E-state index is 11.1. The first-order valence-electron chi connectivity index (χ1n) is 5.85. The lowest BCUT2D eigenvalue weighted by Crippen LogP contribution is -2.42. The average Bonchev–Trinajstić information content (AvgIpc) is 2.38. The summed E-state index contributed by atoms with van der Waals surface area (Å²) < 4.78 is 5.37. The first kappa shape index (κ1) is 12.2. The molecule has 1 aromatic carbocycles. The van der Waals surface area contributed by atoms with E-state index >= 15 is 0 Å². The highest BCUT2D eigenvalue weighted by Gasteiger charge is 2.22. The molecule has 17 heavy (non-hydrogen) atoms. The van der Waals surface area contributed by atoms with Crippen LogP contribution in [0, 0.1) is 0 Å². The van der Waals surface area contributed by atoms with Crippen LogP contribution in [0.1, 0.15) is 18.4 Å². The zero-order valence-electron chi connectivity index (χ0n) is 9.71. The number of aliphatic hydroxyl groups excluding tert-OH is 1. The molecule has 0 saturated carbocycles. The second-order valence-corrected chi connectivity index (χ2v) is 4.20. The summed E-state index contributed by atoms with van der Waals surface area (Å²) in [7, 11) is 0. The fourth-order valence-electron chi connectivity index (χ4n) is 1.84. The lowest BCUT2D eigenvalue weighted by atomic mass is 10.1. The summed E-state index contributed by atoms with van der Waals surface area (Å²) in [5.41, 5.74) is 1.03. The van der Waals surface area contributed by atoms with Gasteiger partial charge in [-0.3, -0.25) is 9.69 Å². The molecule has 1 aromatic rings. The molecule has 1 unspecified atom stereocenters. The van der Waals surface area contributed by atoms with Crippen LogP contribution in [0.5, 0.6) is 0 Å². The number of rotatable bonds is 4. The monoisotopic (exact) mass is 235 g/mol. The van der Waals surface area contributed by atoms with E-state index in [-0.39, 0.29) is 5.78 Å². The Bertz CT molecular complexity index is 356. The van der Waals surface area contributed by atoms with Gasteiger partial charge >= 0.3 is 0 Å². The van der Waals surface area contributed by atoms with Crippen molar-refractivity contribution in [1.82, 2.24) is 4.90 Å². The van der Waals surface area contributed by atoms with E-state index in [9.17, 15) is 9.90 Å². The van der Waals surface area contributed by atoms with Gasteiger partial charge in [0.1, 0.15) is 5.78 Å². The number of nitrogens with zero attached hydrogens (tertiary/aromatic N) is 1. The van der Waals surface area contributed by atoms with Gasteiger partial charge in [-0.2, -0.15) is 0 Å². The molecule has 4 heteroatoms. The Kier molecular flexibility index (Phi) is 4.25. The zero-order chi connectivity index (χ0) is 12.1. The number of hydrogen-bond donors (Lipinski definition) is 1. The summed E-state index contributed by atoms with van der Waals surface area (Å²) in [6.45, 7) is 1.54. The van der Waals surface area contributed by atoms with E-state index in [4.69, 9.17) is 4.74 Å². The third-order valence-electron chi connectivity index (χ3n) is 2.91. The smallest absolute Gasteiger partial charge is 0.216 e. The molecule has 0 amide bonds. The van der Waals surface area contributed by atoms with Gasteiger partial charge in [0.25, 0.3) is 0 Å². The normalized spacial score (nSPS) is 19.2. The maximum Gasteiger partial charge on any atom is 0.216 e. The Morgan fingerprint density at radius 2 is 1.88 bits per heavy atom. The Labute approximate surface area is 101 Å². The molecular formula is C13H17NO3. The van der Waals surface area contributed by atoms with Crippen molar-refractivity contribution in [2.75, 3.05) is 13.1 Å². The number of carbonyl (C=O) groups is 1. The molecule has 1 aliphatic rings. The van der Waals surface area contributed by atoms with Crippen molar-refractivity contribution in [2.24, 2.45) is 0 Å². The number of likely N-dealkylation sites (tertiary alicyclic amines) is 1. The summed E-state index contributed by atoms with van der Waals surface area (Å²) in [4.78, 5) is 12.8. The van der Waals surface area contributed by atoms with Crippen LogP contribution in [0.2, 0.25) is 0 Å². The molecule has 1 atom stereocenters. The number of benzene rings is 1. The minimum atomic E-state index is -0.914. The molecule has 4 nitrogen and oxygen atoms in total. The predicted molar refractivity (Wildman–Crippen MR) is 63.1 cm³/mol. The van der Waals surface area contributed by atoms with Crippen molar-refractivity contribution in [2.45, 2.75) is 25.9 Å². The SMILES string of the molecule is O=C1CCN(C(O)OCc2ccccc2)CC1. The minimum Gasteiger partial charge on any atom is -0.356 e. The highest BCUT2D eigenvalue weighted by atomic mass is 16.6. The highest BCUT2D eigenvalue weighted by Crippen LogP contribution is 2.11. The van der Waals surface area contributed by atoms with E-state index in [2.05, 4.69) is 0 Å². The molecule has 0 bridgehead atoms. The van der Waals surface area contributed by atoms with Crippen LogP contribution in [0.4, 0.5) is 0 Å². The molecule has 0 aromatic heterocycles. The second kappa shape index (κ2) is 5.91. The first-order valence-corrected chi connectivity index (χ1v) is 5.85. The fourth-order valence-corrected chi connectivity index (χ4v) is 1.84. The van der Waals surface area contributed by atoms with Gasteiger partial charge in [0.2, 0.25) is 6.41 Å². The number of Topliss-reactive ketones (excluding diaryl/α,β-unsaturated/α-hetero) is 1. The summed E-state index contributed by atoms with van der Waals surface area (Å²) in [5.74, 6) is 0.261. The Morgan fingerprint density at radius 1 is 1.24 bits per heavy atom. The largest absolute Gasteiger partial charge is 0.356 e. The molecular weight excluding hydrogens is 218 g/mol. The lowest BCUT2D eigenvalue weighted by Gasteiger charge is -2.30. The summed E-state index contributed by atoms with van der Waals surface area (Å²) in [6, 6.07) is 9.71. The van der Waals surface area contributed by atoms with Gasteiger partial charge in [-0.15, -0.1) is 0 Å². The standard InChI is InChI=1S/C13H17NO3/c15-12-6-8-14(9-7-12)13(16)17-10-11-4-2-1-3-5-11/h1-5,13,16H,6-10H2. The fraction of sp³-hybridized carbons (Fsp3) is 0.462. The van der Waals surface area contributed by atoms with Crippen molar-refractivity contribution in [3.8, 4) is 0 Å². The third-order valence-corrected chi connectivity index (χ3v) is 2.91. The van der Waals surface area contributed by atoms with Crippen LogP contribution in [0.3, 0.4) is 0 Å². The van der Waals surface area contributed by atoms with E-state index in [1.165, 1.54) is 0 Å². The van der Waals surface area contributed by atoms with Crippen LogP contribution in [-0.2, 0) is 16.1 Å². The van der Waals surface area contributed by atoms with E-state index in [1.807, 2.05) is 30.3 Å². The van der Waals surface area contributed by atoms with Crippen LogP contribution in [0.15, 0.2) is 30.3 Å². The Hall–Kier alpha value is -1.23. The Balaban J connectivity index is 1.77. The van der Waals surface area contributed by atoms with Gasteiger partial charge in [-0.25, -0.2) is 0 Å². The quantitative estimate of drug-likeness (QED) is 0.795. The van der Waals surface area contributed by atoms with Gasteiger partial charge in [-0.1, -0.05) is 30.3 Å². The van der Waals surface area contributed by atoms with E-state index < -0.39 is 6.41 Å². The molecule has 1 heterocycles. The van der Waals surface area contributed by atoms with Gasteiger partial charge < -0.3 is 9.84 Å². The van der Waals surface area contributed by atoms with Crippen molar-refractivity contribution in [3.63, 3.8) is 0 Å². The number of aliphatic hydroxyl groups is 1. The van der Waals surface area contributed by atoms with Crippen molar-refractivity contribution in [1.29, 1.82) is 0 Å². The molecule has 1 aliphatic heterocycles. The van der Waals surface area contributed by atoms with Crippen LogP contribution < -0.4 is 0 Å². The predicted octanol–water partition coefficient (Wildman–Crippen LogP) is 1.14. The topological polar surface area (TPSA) is 49.8 Å². The number of hydrogen-bond acceptors (Lipinski definition) is 4. The van der Waals surface area contributed by atoms with Crippen molar-refractivity contribution < 1.29 is 14.6 Å². The molecule has 0 spiro atoms. The summed E-state index contributed by atoms with van der Waals surface area (Å²) in [5, 5.41) is 9.81. The molecule has 92 valence electrons. The molecule has 1 saturated heterocycles. The number of ketones is 1. The number of ether oxygens (including phenoxy) is 1. The van der Waals surface area contributed by atoms with Gasteiger partial charge in [0.05, 0.1) is 6.61 Å². The first-order chi connectivity index (χ1) is 8.25. The summed E-state index contributed by atoms with van der Waals surface area (Å²) >= 11 is 0. The van der Waals surface area contributed by atoms with Crippen molar-refractivity contribution >= 4 is 5.78 Å². The van der Waals surface area contributed by atoms with Crippen LogP contribution >= 0.6 is 0 Å². The molecule has 1 fully saturated rings. The van der Waals surface area contributed by atoms with Crippen LogP contribution in [-0.4, -0.2) is 35.3 Å². The van der Waals surface area contributed by atoms with Crippen molar-refractivity contribution in [3.05, 3.63) is 35.9 Å². The molecule has 0 radical (unpaired) electrons. The maximum atomic E-state index is 11.1. The number of carbonyl (C=O) groups excluding carboxylic acids is 1. The second-order valence-electron chi connectivity index (χ2n) is 4.20. The minimum absolute atomic E-state index is 0.261.